The topological polar surface area (TPSA) is 112 Å². The van der Waals surface area contributed by atoms with Gasteiger partial charge in [0, 0.05) is 43.5 Å². The van der Waals surface area contributed by atoms with Crippen molar-refractivity contribution in [3.05, 3.63) is 60.2 Å². The van der Waals surface area contributed by atoms with E-state index in [2.05, 4.69) is 40.2 Å². The highest BCUT2D eigenvalue weighted by Gasteiger charge is 2.24. The molecule has 9 nitrogen and oxygen atoms in total. The Balaban J connectivity index is 1.25. The van der Waals surface area contributed by atoms with Crippen molar-refractivity contribution >= 4 is 11.4 Å². The molecule has 2 aromatic carbocycles. The van der Waals surface area contributed by atoms with Crippen LogP contribution in [-0.4, -0.2) is 63.7 Å². The second-order valence-corrected chi connectivity index (χ2v) is 8.85. The van der Waals surface area contributed by atoms with Gasteiger partial charge in [-0.1, -0.05) is 18.2 Å². The molecule has 5 N–H and O–H groups in total. The third-order valence-corrected chi connectivity index (χ3v) is 6.23. The van der Waals surface area contributed by atoms with Gasteiger partial charge in [-0.15, -0.1) is 0 Å². The quantitative estimate of drug-likeness (QED) is 0.359. The summed E-state index contributed by atoms with van der Waals surface area (Å²) in [5.41, 5.74) is 10.3. The third kappa shape index (κ3) is 5.71. The molecule has 0 bridgehead atoms. The second-order valence-electron chi connectivity index (χ2n) is 8.85. The molecule has 2 atom stereocenters. The van der Waals surface area contributed by atoms with E-state index in [1.165, 1.54) is 5.56 Å². The predicted molar refractivity (Wildman–Crippen MR) is 139 cm³/mol. The first-order valence-corrected chi connectivity index (χ1v) is 12.3. The number of nitrogens with zero attached hydrogens (tertiary/aromatic N) is 1. The molecule has 3 heterocycles. The minimum atomic E-state index is -0.183. The Hall–Kier alpha value is -3.37. The summed E-state index contributed by atoms with van der Waals surface area (Å²) >= 11 is 0. The molecular formula is C27H33N5O4. The maximum Gasteiger partial charge on any atom is 0.238 e. The van der Waals surface area contributed by atoms with Gasteiger partial charge in [-0.2, -0.15) is 0 Å². The summed E-state index contributed by atoms with van der Waals surface area (Å²) in [6.45, 7) is 4.97. The Morgan fingerprint density at radius 2 is 2.00 bits per heavy atom. The van der Waals surface area contributed by atoms with Crippen LogP contribution in [0.3, 0.4) is 0 Å². The van der Waals surface area contributed by atoms with Crippen molar-refractivity contribution in [2.75, 3.05) is 51.9 Å². The molecule has 9 heteroatoms. The van der Waals surface area contributed by atoms with Gasteiger partial charge in [-0.05, 0) is 42.0 Å². The second kappa shape index (κ2) is 11.6. The lowest BCUT2D eigenvalue weighted by Crippen LogP contribution is -2.47. The summed E-state index contributed by atoms with van der Waals surface area (Å²) in [5, 5.41) is 10.4. The number of hydrogen-bond donors (Lipinski definition) is 4. The third-order valence-electron chi connectivity index (χ3n) is 6.23. The van der Waals surface area contributed by atoms with Crippen molar-refractivity contribution < 1.29 is 18.9 Å². The van der Waals surface area contributed by atoms with Crippen molar-refractivity contribution in [3.8, 4) is 28.6 Å². The molecule has 2 aliphatic rings. The fraction of sp³-hybridized carbons (Fsp3) is 0.370. The van der Waals surface area contributed by atoms with E-state index in [1.54, 1.807) is 7.11 Å². The molecule has 0 aliphatic carbocycles. The number of morpholine rings is 1. The first-order chi connectivity index (χ1) is 17.7. The van der Waals surface area contributed by atoms with Crippen LogP contribution in [0.25, 0.3) is 11.3 Å². The van der Waals surface area contributed by atoms with E-state index in [0.717, 1.165) is 55.5 Å². The number of nitrogens with two attached hydrogens (primary N) is 1. The van der Waals surface area contributed by atoms with Crippen molar-refractivity contribution in [2.24, 2.45) is 5.73 Å². The van der Waals surface area contributed by atoms with Gasteiger partial charge in [0.05, 0.1) is 26.0 Å². The van der Waals surface area contributed by atoms with Crippen LogP contribution in [0.1, 0.15) is 5.56 Å². The standard InChI is InChI=1S/C27H33N5O4/c1-33-27-24(31-19-7-5-18(6-8-19)14-29-15-20-16-34-12-11-30-20)10-9-23(32-27)22-3-2-4-25-26(22)36-21(13-28)17-35-25/h2-10,20-21,29-31H,11-17,28H2,1H3. The lowest BCUT2D eigenvalue weighted by Gasteiger charge is -2.27. The van der Waals surface area contributed by atoms with Crippen molar-refractivity contribution in [1.29, 1.82) is 0 Å². The molecule has 36 heavy (non-hydrogen) atoms. The summed E-state index contributed by atoms with van der Waals surface area (Å²) < 4.78 is 23.0. The van der Waals surface area contributed by atoms with Crippen LogP contribution < -0.4 is 35.9 Å². The number of ether oxygens (including phenoxy) is 4. The zero-order valence-electron chi connectivity index (χ0n) is 20.5. The number of nitrogens with one attached hydrogen (secondary N) is 3. The summed E-state index contributed by atoms with van der Waals surface area (Å²) in [5.74, 6) is 1.84. The molecule has 0 radical (unpaired) electrons. The maximum absolute atomic E-state index is 6.08. The molecule has 0 saturated carbocycles. The van der Waals surface area contributed by atoms with E-state index in [9.17, 15) is 0 Å². The Labute approximate surface area is 211 Å². The lowest BCUT2D eigenvalue weighted by molar-refractivity contribution is 0.0766. The molecule has 190 valence electrons. The molecule has 3 aromatic rings. The van der Waals surface area contributed by atoms with Crippen LogP contribution >= 0.6 is 0 Å². The fourth-order valence-electron chi connectivity index (χ4n) is 4.30. The van der Waals surface area contributed by atoms with Gasteiger partial charge < -0.3 is 40.6 Å². The molecule has 0 spiro atoms. The van der Waals surface area contributed by atoms with E-state index in [1.807, 2.05) is 30.3 Å². The van der Waals surface area contributed by atoms with Gasteiger partial charge in [0.25, 0.3) is 0 Å². The van der Waals surface area contributed by atoms with Crippen LogP contribution in [0, 0.1) is 0 Å². The Morgan fingerprint density at radius 3 is 2.78 bits per heavy atom. The SMILES string of the molecule is COc1nc(-c2cccc3c2OC(CN)CO3)ccc1Nc1ccc(CNCC2COCCN2)cc1. The first kappa shape index (κ1) is 24.3. The molecule has 2 aliphatic heterocycles. The van der Waals surface area contributed by atoms with E-state index in [-0.39, 0.29) is 6.10 Å². The number of aromatic nitrogens is 1. The Bertz CT molecular complexity index is 1150. The highest BCUT2D eigenvalue weighted by molar-refractivity contribution is 5.75. The average molecular weight is 492 g/mol. The number of para-hydroxylation sites is 1. The van der Waals surface area contributed by atoms with Gasteiger partial charge in [0.2, 0.25) is 5.88 Å². The summed E-state index contributed by atoms with van der Waals surface area (Å²) in [7, 11) is 1.61. The molecule has 0 amide bonds. The first-order valence-electron chi connectivity index (χ1n) is 12.3. The normalized spacial score (nSPS) is 19.1. The minimum Gasteiger partial charge on any atom is -0.486 e. The van der Waals surface area contributed by atoms with Crippen LogP contribution in [0.15, 0.2) is 54.6 Å². The molecular weight excluding hydrogens is 458 g/mol. The van der Waals surface area contributed by atoms with Crippen molar-refractivity contribution in [2.45, 2.75) is 18.7 Å². The van der Waals surface area contributed by atoms with E-state index in [0.29, 0.717) is 36.6 Å². The van der Waals surface area contributed by atoms with Gasteiger partial charge in [0.15, 0.2) is 11.5 Å². The van der Waals surface area contributed by atoms with E-state index in [4.69, 9.17) is 29.7 Å². The van der Waals surface area contributed by atoms with Crippen LogP contribution in [0.5, 0.6) is 17.4 Å². The molecule has 1 aromatic heterocycles. The zero-order valence-corrected chi connectivity index (χ0v) is 20.5. The highest BCUT2D eigenvalue weighted by Crippen LogP contribution is 2.41. The van der Waals surface area contributed by atoms with Crippen molar-refractivity contribution in [1.82, 2.24) is 15.6 Å². The smallest absolute Gasteiger partial charge is 0.238 e. The van der Waals surface area contributed by atoms with Crippen LogP contribution in [0.4, 0.5) is 11.4 Å². The van der Waals surface area contributed by atoms with E-state index < -0.39 is 0 Å². The lowest BCUT2D eigenvalue weighted by atomic mass is 10.1. The predicted octanol–water partition coefficient (Wildman–Crippen LogP) is 2.68. The number of rotatable bonds is 9. The number of methoxy groups -OCH3 is 1. The van der Waals surface area contributed by atoms with Crippen LogP contribution in [0.2, 0.25) is 0 Å². The largest absolute Gasteiger partial charge is 0.486 e. The van der Waals surface area contributed by atoms with Gasteiger partial charge in [-0.3, -0.25) is 0 Å². The molecule has 1 saturated heterocycles. The average Bonchev–Trinajstić information content (AvgIpc) is 2.94. The molecule has 2 unspecified atom stereocenters. The molecule has 5 rings (SSSR count). The van der Waals surface area contributed by atoms with E-state index >= 15 is 0 Å². The number of fused-ring (bicyclic) bond motifs is 1. The number of anilines is 2. The number of pyridine rings is 1. The zero-order chi connectivity index (χ0) is 24.7. The summed E-state index contributed by atoms with van der Waals surface area (Å²) in [6, 6.07) is 18.4. The number of benzene rings is 2. The van der Waals surface area contributed by atoms with Crippen molar-refractivity contribution in [3.63, 3.8) is 0 Å². The van der Waals surface area contributed by atoms with Gasteiger partial charge in [0.1, 0.15) is 18.4 Å². The maximum atomic E-state index is 6.08. The van der Waals surface area contributed by atoms with Gasteiger partial charge in [-0.25, -0.2) is 4.98 Å². The number of hydrogen-bond acceptors (Lipinski definition) is 9. The summed E-state index contributed by atoms with van der Waals surface area (Å²) in [4.78, 5) is 4.74. The highest BCUT2D eigenvalue weighted by atomic mass is 16.6. The minimum absolute atomic E-state index is 0.183. The monoisotopic (exact) mass is 491 g/mol. The fourth-order valence-corrected chi connectivity index (χ4v) is 4.30. The Morgan fingerprint density at radius 1 is 1.11 bits per heavy atom. The Kier molecular flexibility index (Phi) is 7.82. The van der Waals surface area contributed by atoms with Gasteiger partial charge >= 0.3 is 0 Å². The van der Waals surface area contributed by atoms with Crippen LogP contribution in [-0.2, 0) is 11.3 Å². The summed E-state index contributed by atoms with van der Waals surface area (Å²) in [6.07, 6.45) is -0.183. The molecule has 1 fully saturated rings.